The van der Waals surface area contributed by atoms with Gasteiger partial charge < -0.3 is 24.2 Å². The highest BCUT2D eigenvalue weighted by Gasteiger charge is 2.50. The molecule has 168 valence electrons. The number of carbonyl (C=O) groups is 2. The molecule has 3 aromatic rings. The van der Waals surface area contributed by atoms with Crippen molar-refractivity contribution in [3.8, 4) is 17.2 Å². The summed E-state index contributed by atoms with van der Waals surface area (Å²) in [7, 11) is 0. The average Bonchev–Trinajstić information content (AvgIpc) is 3.36. The van der Waals surface area contributed by atoms with Gasteiger partial charge in [0, 0.05) is 11.1 Å². The third kappa shape index (κ3) is 3.81. The molecule has 5 rings (SSSR count). The lowest BCUT2D eigenvalue weighted by molar-refractivity contribution is -0.135. The summed E-state index contributed by atoms with van der Waals surface area (Å²) in [4.78, 5) is 27.9. The van der Waals surface area contributed by atoms with Crippen LogP contribution < -0.4 is 19.1 Å². The molecule has 7 nitrogen and oxygen atoms in total. The Hall–Kier alpha value is -3.84. The van der Waals surface area contributed by atoms with E-state index in [1.165, 1.54) is 4.90 Å². The zero-order valence-corrected chi connectivity index (χ0v) is 18.1. The number of ether oxygens (including phenoxy) is 3. The fourth-order valence-corrected chi connectivity index (χ4v) is 4.26. The lowest BCUT2D eigenvalue weighted by atomic mass is 9.88. The van der Waals surface area contributed by atoms with Gasteiger partial charge in [-0.3, -0.25) is 9.59 Å². The molecule has 0 saturated carbocycles. The SMILES string of the molecule is Cc1cccc(OCCN2C(=O)C(O)(CC(=O)c3ccc4c(c3)OCO4)c3ccccc32)c1. The second-order valence-corrected chi connectivity index (χ2v) is 8.17. The summed E-state index contributed by atoms with van der Waals surface area (Å²) in [5.74, 6) is 0.846. The van der Waals surface area contributed by atoms with Crippen molar-refractivity contribution in [1.82, 2.24) is 0 Å². The van der Waals surface area contributed by atoms with Crippen LogP contribution in [0.25, 0.3) is 0 Å². The zero-order valence-electron chi connectivity index (χ0n) is 18.1. The monoisotopic (exact) mass is 445 g/mol. The number of anilines is 1. The number of hydrogen-bond acceptors (Lipinski definition) is 6. The third-order valence-electron chi connectivity index (χ3n) is 5.92. The van der Waals surface area contributed by atoms with Gasteiger partial charge in [-0.15, -0.1) is 0 Å². The van der Waals surface area contributed by atoms with Gasteiger partial charge in [-0.05, 0) is 48.9 Å². The molecular formula is C26H23NO6. The first-order valence-corrected chi connectivity index (χ1v) is 10.7. The highest BCUT2D eigenvalue weighted by Crippen LogP contribution is 2.43. The second-order valence-electron chi connectivity index (χ2n) is 8.17. The molecule has 0 spiro atoms. The van der Waals surface area contributed by atoms with Crippen LogP contribution in [0.5, 0.6) is 17.2 Å². The molecule has 0 saturated heterocycles. The molecule has 3 aromatic carbocycles. The number of aliphatic hydroxyl groups is 1. The van der Waals surface area contributed by atoms with E-state index < -0.39 is 11.5 Å². The van der Waals surface area contributed by atoms with Gasteiger partial charge in [0.05, 0.1) is 18.7 Å². The van der Waals surface area contributed by atoms with E-state index in [-0.39, 0.29) is 32.1 Å². The summed E-state index contributed by atoms with van der Waals surface area (Å²) in [6, 6.07) is 19.5. The molecule has 0 fully saturated rings. The number of aryl methyl sites for hydroxylation is 1. The van der Waals surface area contributed by atoms with Crippen molar-refractivity contribution in [2.45, 2.75) is 18.9 Å². The number of benzene rings is 3. The molecule has 1 unspecified atom stereocenters. The van der Waals surface area contributed by atoms with Crippen molar-refractivity contribution in [3.63, 3.8) is 0 Å². The maximum atomic E-state index is 13.4. The molecule has 2 aliphatic heterocycles. The highest BCUT2D eigenvalue weighted by molar-refractivity contribution is 6.10. The fourth-order valence-electron chi connectivity index (χ4n) is 4.26. The molecule has 33 heavy (non-hydrogen) atoms. The van der Waals surface area contributed by atoms with Crippen LogP contribution in [0.1, 0.15) is 27.9 Å². The summed E-state index contributed by atoms with van der Waals surface area (Å²) in [5.41, 5.74) is 0.467. The first-order valence-electron chi connectivity index (χ1n) is 10.7. The fraction of sp³-hybridized carbons (Fsp3) is 0.231. The second kappa shape index (κ2) is 8.26. The topological polar surface area (TPSA) is 85.3 Å². The maximum absolute atomic E-state index is 13.4. The summed E-state index contributed by atoms with van der Waals surface area (Å²) in [6.45, 7) is 2.56. The molecule has 2 heterocycles. The highest BCUT2D eigenvalue weighted by atomic mass is 16.7. The van der Waals surface area contributed by atoms with Gasteiger partial charge in [-0.1, -0.05) is 30.3 Å². The lowest BCUT2D eigenvalue weighted by Gasteiger charge is -2.23. The van der Waals surface area contributed by atoms with E-state index in [0.29, 0.717) is 34.1 Å². The van der Waals surface area contributed by atoms with Crippen LogP contribution >= 0.6 is 0 Å². The van der Waals surface area contributed by atoms with E-state index in [1.807, 2.05) is 31.2 Å². The van der Waals surface area contributed by atoms with Gasteiger partial charge in [0.25, 0.3) is 5.91 Å². The minimum absolute atomic E-state index is 0.0996. The van der Waals surface area contributed by atoms with Gasteiger partial charge in [0.15, 0.2) is 22.9 Å². The van der Waals surface area contributed by atoms with Crippen molar-refractivity contribution in [1.29, 1.82) is 0 Å². The maximum Gasteiger partial charge on any atom is 0.264 e. The molecule has 1 N–H and O–H groups in total. The van der Waals surface area contributed by atoms with Gasteiger partial charge in [0.2, 0.25) is 6.79 Å². The zero-order chi connectivity index (χ0) is 23.0. The number of Topliss-reactive ketones (excluding diaryl/α,β-unsaturated/α-hetero) is 1. The lowest BCUT2D eigenvalue weighted by Crippen LogP contribution is -2.43. The van der Waals surface area contributed by atoms with Crippen LogP contribution in [0.2, 0.25) is 0 Å². The Labute approximate surface area is 191 Å². The standard InChI is InChI=1S/C26H23NO6/c1-17-5-4-6-19(13-17)31-12-11-27-21-8-3-2-7-20(21)26(30,25(27)29)15-22(28)18-9-10-23-24(14-18)33-16-32-23/h2-10,13-14,30H,11-12,15-16H2,1H3. The number of fused-ring (bicyclic) bond motifs is 2. The first-order chi connectivity index (χ1) is 16.0. The Morgan fingerprint density at radius 1 is 1.06 bits per heavy atom. The van der Waals surface area contributed by atoms with Crippen LogP contribution in [0.15, 0.2) is 66.7 Å². The largest absolute Gasteiger partial charge is 0.492 e. The number of amides is 1. The summed E-state index contributed by atoms with van der Waals surface area (Å²) in [6.07, 6.45) is -0.377. The smallest absolute Gasteiger partial charge is 0.264 e. The molecule has 0 radical (unpaired) electrons. The molecule has 7 heteroatoms. The van der Waals surface area contributed by atoms with Gasteiger partial charge in [-0.2, -0.15) is 0 Å². The quantitative estimate of drug-likeness (QED) is 0.560. The summed E-state index contributed by atoms with van der Waals surface area (Å²) >= 11 is 0. The van der Waals surface area contributed by atoms with Crippen LogP contribution in [0, 0.1) is 6.92 Å². The van der Waals surface area contributed by atoms with Gasteiger partial charge in [-0.25, -0.2) is 0 Å². The first kappa shape index (κ1) is 21.0. The number of hydrogen-bond donors (Lipinski definition) is 1. The van der Waals surface area contributed by atoms with E-state index in [9.17, 15) is 14.7 Å². The Balaban J connectivity index is 1.35. The molecule has 0 bridgehead atoms. The Kier molecular flexibility index (Phi) is 5.26. The minimum atomic E-state index is -1.95. The van der Waals surface area contributed by atoms with Crippen LogP contribution in [0.4, 0.5) is 5.69 Å². The molecule has 1 atom stereocenters. The van der Waals surface area contributed by atoms with E-state index in [0.717, 1.165) is 5.56 Å². The molecule has 0 aromatic heterocycles. The Morgan fingerprint density at radius 2 is 1.88 bits per heavy atom. The van der Waals surface area contributed by atoms with E-state index >= 15 is 0 Å². The third-order valence-corrected chi connectivity index (χ3v) is 5.92. The van der Waals surface area contributed by atoms with E-state index in [4.69, 9.17) is 14.2 Å². The Bertz CT molecular complexity index is 1240. The minimum Gasteiger partial charge on any atom is -0.492 e. The number of nitrogens with zero attached hydrogens (tertiary/aromatic N) is 1. The van der Waals surface area contributed by atoms with Gasteiger partial charge in [0.1, 0.15) is 12.4 Å². The van der Waals surface area contributed by atoms with Gasteiger partial charge >= 0.3 is 0 Å². The van der Waals surface area contributed by atoms with Crippen LogP contribution in [0.3, 0.4) is 0 Å². The van der Waals surface area contributed by atoms with E-state index in [1.54, 1.807) is 42.5 Å². The molecule has 1 amide bonds. The van der Waals surface area contributed by atoms with Crippen molar-refractivity contribution >= 4 is 17.4 Å². The predicted molar refractivity (Wildman–Crippen MR) is 121 cm³/mol. The van der Waals surface area contributed by atoms with Crippen molar-refractivity contribution in [3.05, 3.63) is 83.4 Å². The predicted octanol–water partition coefficient (Wildman–Crippen LogP) is 3.61. The molecule has 0 aliphatic carbocycles. The average molecular weight is 445 g/mol. The number of rotatable bonds is 7. The van der Waals surface area contributed by atoms with Crippen molar-refractivity contribution in [2.24, 2.45) is 0 Å². The molecule has 2 aliphatic rings. The molecular weight excluding hydrogens is 422 g/mol. The summed E-state index contributed by atoms with van der Waals surface area (Å²) in [5, 5.41) is 11.5. The van der Waals surface area contributed by atoms with Crippen molar-refractivity contribution < 1.29 is 28.9 Å². The number of para-hydroxylation sites is 1. The normalized spacial score (nSPS) is 18.4. The Morgan fingerprint density at radius 3 is 2.73 bits per heavy atom. The summed E-state index contributed by atoms with van der Waals surface area (Å²) < 4.78 is 16.4. The van der Waals surface area contributed by atoms with Crippen LogP contribution in [-0.4, -0.2) is 36.7 Å². The number of carbonyl (C=O) groups excluding carboxylic acids is 2. The number of ketones is 1. The van der Waals surface area contributed by atoms with Crippen molar-refractivity contribution in [2.75, 3.05) is 24.8 Å². The van der Waals surface area contributed by atoms with Crippen LogP contribution in [-0.2, 0) is 10.4 Å². The van der Waals surface area contributed by atoms with E-state index in [2.05, 4.69) is 0 Å².